The minimum atomic E-state index is 0.772. The quantitative estimate of drug-likeness (QED) is 0.598. The first-order valence-electron chi connectivity index (χ1n) is 8.09. The monoisotopic (exact) mass is 370 g/mol. The Morgan fingerprint density at radius 1 is 0.923 bits per heavy atom. The van der Waals surface area contributed by atoms with Gasteiger partial charge in [-0.25, -0.2) is 4.98 Å². The summed E-state index contributed by atoms with van der Waals surface area (Å²) in [5.41, 5.74) is 3.84. The number of methoxy groups -OCH3 is 3. The molecule has 0 amide bonds. The van der Waals surface area contributed by atoms with Crippen LogP contribution in [0.4, 0.5) is 0 Å². The lowest BCUT2D eigenvalue weighted by Crippen LogP contribution is -1.95. The van der Waals surface area contributed by atoms with E-state index < -0.39 is 0 Å². The number of rotatable bonds is 6. The van der Waals surface area contributed by atoms with Gasteiger partial charge in [0.15, 0.2) is 0 Å². The third-order valence-corrected chi connectivity index (χ3v) is 5.03. The van der Waals surface area contributed by atoms with E-state index in [4.69, 9.17) is 14.2 Å². The molecule has 3 rings (SSSR count). The molecule has 0 bridgehead atoms. The standard InChI is InChI=1S/C20H22N2O3S/c1-22-12-21-18(19(22)13-7-6-8-15(9-13)23-2)14-10-16(24-3)20(26-5)17(11-14)25-4/h6-12H,1-5H3. The highest BCUT2D eigenvalue weighted by Crippen LogP contribution is 2.42. The molecular weight excluding hydrogens is 348 g/mol. The van der Waals surface area contributed by atoms with E-state index in [2.05, 4.69) is 4.98 Å². The molecule has 2 aromatic carbocycles. The van der Waals surface area contributed by atoms with Crippen molar-refractivity contribution < 1.29 is 14.2 Å². The fourth-order valence-corrected chi connectivity index (χ4v) is 3.66. The number of imidazole rings is 1. The zero-order chi connectivity index (χ0) is 18.7. The zero-order valence-corrected chi connectivity index (χ0v) is 16.4. The second-order valence-electron chi connectivity index (χ2n) is 5.70. The lowest BCUT2D eigenvalue weighted by Gasteiger charge is -2.14. The molecule has 0 saturated heterocycles. The van der Waals surface area contributed by atoms with Gasteiger partial charge in [-0.15, -0.1) is 11.8 Å². The molecule has 6 heteroatoms. The van der Waals surface area contributed by atoms with Crippen molar-refractivity contribution in [1.29, 1.82) is 0 Å². The number of nitrogens with zero attached hydrogens (tertiary/aromatic N) is 2. The van der Waals surface area contributed by atoms with E-state index in [9.17, 15) is 0 Å². The van der Waals surface area contributed by atoms with E-state index >= 15 is 0 Å². The largest absolute Gasteiger partial charge is 0.497 e. The number of thioether (sulfide) groups is 1. The normalized spacial score (nSPS) is 10.7. The van der Waals surface area contributed by atoms with Crippen molar-refractivity contribution in [3.63, 3.8) is 0 Å². The first-order valence-corrected chi connectivity index (χ1v) is 9.31. The summed E-state index contributed by atoms with van der Waals surface area (Å²) < 4.78 is 18.5. The summed E-state index contributed by atoms with van der Waals surface area (Å²) in [4.78, 5) is 5.60. The van der Waals surface area contributed by atoms with Crippen LogP contribution in [-0.4, -0.2) is 37.1 Å². The van der Waals surface area contributed by atoms with Crippen LogP contribution in [0, 0.1) is 0 Å². The molecule has 0 saturated carbocycles. The molecule has 1 aromatic heterocycles. The van der Waals surface area contributed by atoms with Gasteiger partial charge in [0.05, 0.1) is 43.9 Å². The first kappa shape index (κ1) is 18.2. The number of hydrogen-bond acceptors (Lipinski definition) is 5. The molecule has 0 aliphatic heterocycles. The molecule has 3 aromatic rings. The maximum Gasteiger partial charge on any atom is 0.136 e. The lowest BCUT2D eigenvalue weighted by molar-refractivity contribution is 0.377. The first-order chi connectivity index (χ1) is 12.6. The van der Waals surface area contributed by atoms with Crippen LogP contribution in [0.25, 0.3) is 22.5 Å². The highest BCUT2D eigenvalue weighted by molar-refractivity contribution is 7.98. The number of aromatic nitrogens is 2. The Morgan fingerprint density at radius 3 is 2.19 bits per heavy atom. The fourth-order valence-electron chi connectivity index (χ4n) is 2.97. The second-order valence-corrected chi connectivity index (χ2v) is 6.52. The van der Waals surface area contributed by atoms with Gasteiger partial charge in [0.2, 0.25) is 0 Å². The molecule has 136 valence electrons. The van der Waals surface area contributed by atoms with Gasteiger partial charge >= 0.3 is 0 Å². The number of aryl methyl sites for hydroxylation is 1. The summed E-state index contributed by atoms with van der Waals surface area (Å²) in [5.74, 6) is 2.35. The van der Waals surface area contributed by atoms with Crippen LogP contribution in [0.2, 0.25) is 0 Å². The molecule has 0 fully saturated rings. The third kappa shape index (κ3) is 3.24. The van der Waals surface area contributed by atoms with E-state index in [-0.39, 0.29) is 0 Å². The number of benzene rings is 2. The van der Waals surface area contributed by atoms with Crippen molar-refractivity contribution in [3.05, 3.63) is 42.7 Å². The summed E-state index contributed by atoms with van der Waals surface area (Å²) >= 11 is 1.59. The van der Waals surface area contributed by atoms with Crippen molar-refractivity contribution in [2.45, 2.75) is 4.90 Å². The molecule has 0 atom stereocenters. The molecular formula is C20H22N2O3S. The van der Waals surface area contributed by atoms with Gasteiger partial charge in [-0.05, 0) is 30.5 Å². The van der Waals surface area contributed by atoms with Crippen molar-refractivity contribution in [2.24, 2.45) is 7.05 Å². The summed E-state index contributed by atoms with van der Waals surface area (Å²) in [5, 5.41) is 0. The maximum atomic E-state index is 5.57. The highest BCUT2D eigenvalue weighted by atomic mass is 32.2. The fraction of sp³-hybridized carbons (Fsp3) is 0.250. The van der Waals surface area contributed by atoms with Crippen LogP contribution in [0.1, 0.15) is 0 Å². The van der Waals surface area contributed by atoms with Gasteiger partial charge in [0.25, 0.3) is 0 Å². The Bertz CT molecular complexity index is 896. The molecule has 0 unspecified atom stereocenters. The van der Waals surface area contributed by atoms with Crippen molar-refractivity contribution in [1.82, 2.24) is 9.55 Å². The van der Waals surface area contributed by atoms with E-state index in [1.165, 1.54) is 0 Å². The van der Waals surface area contributed by atoms with Gasteiger partial charge in [-0.2, -0.15) is 0 Å². The Labute approximate surface area is 157 Å². The summed E-state index contributed by atoms with van der Waals surface area (Å²) in [7, 11) is 6.98. The van der Waals surface area contributed by atoms with Gasteiger partial charge in [-0.1, -0.05) is 12.1 Å². The van der Waals surface area contributed by atoms with Gasteiger partial charge in [0.1, 0.15) is 17.2 Å². The number of hydrogen-bond donors (Lipinski definition) is 0. The topological polar surface area (TPSA) is 45.5 Å². The number of ether oxygens (including phenoxy) is 3. The SMILES string of the molecule is COc1cccc(-c2c(-c3cc(OC)c(SC)c(OC)c3)ncn2C)c1. The minimum absolute atomic E-state index is 0.772. The van der Waals surface area contributed by atoms with E-state index in [1.54, 1.807) is 33.1 Å². The van der Waals surface area contributed by atoms with Crippen molar-refractivity contribution in [3.8, 4) is 39.8 Å². The molecule has 26 heavy (non-hydrogen) atoms. The molecule has 0 radical (unpaired) electrons. The molecule has 0 aliphatic rings. The van der Waals surface area contributed by atoms with Crippen LogP contribution >= 0.6 is 11.8 Å². The highest BCUT2D eigenvalue weighted by Gasteiger charge is 2.18. The van der Waals surface area contributed by atoms with Crippen LogP contribution in [0.15, 0.2) is 47.6 Å². The average molecular weight is 370 g/mol. The van der Waals surface area contributed by atoms with Crippen molar-refractivity contribution >= 4 is 11.8 Å². The molecule has 0 N–H and O–H groups in total. The Hall–Kier alpha value is -2.60. The maximum absolute atomic E-state index is 5.57. The van der Waals surface area contributed by atoms with Crippen LogP contribution in [0.3, 0.4) is 0 Å². The summed E-state index contributed by atoms with van der Waals surface area (Å²) in [6, 6.07) is 12.0. The molecule has 0 aliphatic carbocycles. The van der Waals surface area contributed by atoms with Gasteiger partial charge in [-0.3, -0.25) is 0 Å². The Morgan fingerprint density at radius 2 is 1.62 bits per heavy atom. The Balaban J connectivity index is 2.20. The molecule has 1 heterocycles. The average Bonchev–Trinajstić information content (AvgIpc) is 3.08. The van der Waals surface area contributed by atoms with E-state index in [1.807, 2.05) is 60.6 Å². The van der Waals surface area contributed by atoms with Crippen molar-refractivity contribution in [2.75, 3.05) is 27.6 Å². The molecule has 0 spiro atoms. The Kier molecular flexibility index (Phi) is 5.42. The second kappa shape index (κ2) is 7.74. The predicted octanol–water partition coefficient (Wildman–Crippen LogP) is 4.50. The van der Waals surface area contributed by atoms with Crippen LogP contribution < -0.4 is 14.2 Å². The van der Waals surface area contributed by atoms with E-state index in [0.29, 0.717) is 0 Å². The zero-order valence-electron chi connectivity index (χ0n) is 15.6. The van der Waals surface area contributed by atoms with Crippen LogP contribution in [-0.2, 0) is 7.05 Å². The summed E-state index contributed by atoms with van der Waals surface area (Å²) in [6.45, 7) is 0. The lowest BCUT2D eigenvalue weighted by atomic mass is 10.0. The molecule has 5 nitrogen and oxygen atoms in total. The third-order valence-electron chi connectivity index (χ3n) is 4.22. The van der Waals surface area contributed by atoms with Crippen LogP contribution in [0.5, 0.6) is 17.2 Å². The predicted molar refractivity (Wildman–Crippen MR) is 106 cm³/mol. The minimum Gasteiger partial charge on any atom is -0.497 e. The van der Waals surface area contributed by atoms with E-state index in [0.717, 1.165) is 44.7 Å². The smallest absolute Gasteiger partial charge is 0.136 e. The van der Waals surface area contributed by atoms with Gasteiger partial charge < -0.3 is 18.8 Å². The summed E-state index contributed by atoms with van der Waals surface area (Å²) in [6.07, 6.45) is 3.81. The van der Waals surface area contributed by atoms with Gasteiger partial charge in [0, 0.05) is 18.2 Å².